The first kappa shape index (κ1) is 17.9. The van der Waals surface area contributed by atoms with Crippen LogP contribution < -0.4 is 10.2 Å². The Bertz CT molecular complexity index is 1190. The number of carbonyl (C=O) groups is 2. The summed E-state index contributed by atoms with van der Waals surface area (Å²) >= 11 is 6.37. The molecule has 146 valence electrons. The van der Waals surface area contributed by atoms with E-state index in [0.29, 0.717) is 28.6 Å². The summed E-state index contributed by atoms with van der Waals surface area (Å²) < 4.78 is 1.60. The first-order chi connectivity index (χ1) is 14.0. The third kappa shape index (κ3) is 2.32. The Morgan fingerprint density at radius 2 is 1.93 bits per heavy atom. The quantitative estimate of drug-likeness (QED) is 0.703. The number of rotatable bonds is 2. The zero-order valence-electron chi connectivity index (χ0n) is 16.1. The molecule has 0 saturated heterocycles. The molecule has 0 fully saturated rings. The van der Waals surface area contributed by atoms with Crippen LogP contribution in [0.25, 0.3) is 5.69 Å². The van der Waals surface area contributed by atoms with Crippen molar-refractivity contribution in [2.45, 2.75) is 25.7 Å². The van der Waals surface area contributed by atoms with Crippen molar-refractivity contribution in [3.8, 4) is 5.69 Å². The summed E-state index contributed by atoms with van der Waals surface area (Å²) in [7, 11) is 0. The number of amides is 2. The number of hydrogen-bond donors (Lipinski definition) is 1. The molecule has 0 bridgehead atoms. The van der Waals surface area contributed by atoms with Crippen LogP contribution in [0.2, 0.25) is 5.02 Å². The summed E-state index contributed by atoms with van der Waals surface area (Å²) in [6, 6.07) is 13.3. The SMILES string of the molecule is CCN1C(=O)[C@]2(CC(=O)Nc3c2cnn3-c2ccccc2Cl)c2cc(C)ccc21. The molecule has 3 heterocycles. The lowest BCUT2D eigenvalue weighted by atomic mass is 9.71. The molecule has 2 aliphatic heterocycles. The van der Waals surface area contributed by atoms with Gasteiger partial charge in [-0.05, 0) is 37.6 Å². The van der Waals surface area contributed by atoms with E-state index < -0.39 is 5.41 Å². The molecule has 3 aromatic rings. The van der Waals surface area contributed by atoms with E-state index in [-0.39, 0.29) is 18.2 Å². The number of carbonyl (C=O) groups excluding carboxylic acids is 2. The monoisotopic (exact) mass is 406 g/mol. The van der Waals surface area contributed by atoms with Crippen molar-refractivity contribution in [2.24, 2.45) is 0 Å². The summed E-state index contributed by atoms with van der Waals surface area (Å²) in [5, 5.41) is 7.94. The van der Waals surface area contributed by atoms with Gasteiger partial charge in [0.2, 0.25) is 11.8 Å². The highest BCUT2D eigenvalue weighted by atomic mass is 35.5. The van der Waals surface area contributed by atoms with Crippen LogP contribution in [0.3, 0.4) is 0 Å². The molecular formula is C22H19ClN4O2. The summed E-state index contributed by atoms with van der Waals surface area (Å²) in [4.78, 5) is 28.3. The zero-order valence-corrected chi connectivity index (χ0v) is 16.8. The van der Waals surface area contributed by atoms with Crippen LogP contribution in [0.4, 0.5) is 11.5 Å². The van der Waals surface area contributed by atoms with Gasteiger partial charge < -0.3 is 10.2 Å². The number of aryl methyl sites for hydroxylation is 1. The van der Waals surface area contributed by atoms with E-state index in [1.807, 2.05) is 50.2 Å². The van der Waals surface area contributed by atoms with Gasteiger partial charge in [-0.3, -0.25) is 9.59 Å². The standard InChI is InChI=1S/C22H19ClN4O2/c1-3-26-17-9-8-13(2)10-14(17)22(21(26)29)11-19(28)25-20-15(22)12-24-27(20)18-7-5-4-6-16(18)23/h4-10,12H,3,11H2,1-2H3,(H,25,28)/t22-/m1/s1. The Labute approximate surface area is 173 Å². The third-order valence-corrected chi connectivity index (χ3v) is 6.14. The number of nitrogens with zero attached hydrogens (tertiary/aromatic N) is 3. The molecule has 0 saturated carbocycles. The summed E-state index contributed by atoms with van der Waals surface area (Å²) in [5.74, 6) is 0.189. The van der Waals surface area contributed by atoms with Crippen molar-refractivity contribution in [2.75, 3.05) is 16.8 Å². The van der Waals surface area contributed by atoms with Crippen LogP contribution >= 0.6 is 11.6 Å². The Hall–Kier alpha value is -3.12. The molecule has 2 aliphatic rings. The molecule has 6 nitrogen and oxygen atoms in total. The lowest BCUT2D eigenvalue weighted by Crippen LogP contribution is -2.46. The first-order valence-corrected chi connectivity index (χ1v) is 9.91. The normalized spacial score (nSPS) is 20.0. The van der Waals surface area contributed by atoms with Crippen molar-refractivity contribution < 1.29 is 9.59 Å². The number of fused-ring (bicyclic) bond motifs is 4. The molecule has 1 N–H and O–H groups in total. The molecule has 2 amide bonds. The molecular weight excluding hydrogens is 388 g/mol. The minimum Gasteiger partial charge on any atom is -0.311 e. The van der Waals surface area contributed by atoms with E-state index in [0.717, 1.165) is 16.8 Å². The third-order valence-electron chi connectivity index (χ3n) is 5.82. The van der Waals surface area contributed by atoms with E-state index in [1.54, 1.807) is 21.8 Å². The van der Waals surface area contributed by atoms with Gasteiger partial charge in [0.1, 0.15) is 11.2 Å². The number of aromatic nitrogens is 2. The number of halogens is 1. The summed E-state index contributed by atoms with van der Waals surface area (Å²) in [6.07, 6.45) is 1.74. The number of likely N-dealkylation sites (N-methyl/N-ethyl adjacent to an activating group) is 1. The van der Waals surface area contributed by atoms with Crippen LogP contribution in [-0.2, 0) is 15.0 Å². The highest BCUT2D eigenvalue weighted by molar-refractivity contribution is 6.32. The Morgan fingerprint density at radius 1 is 1.14 bits per heavy atom. The van der Waals surface area contributed by atoms with Gasteiger partial charge in [-0.1, -0.05) is 41.4 Å². The zero-order chi connectivity index (χ0) is 20.3. The Morgan fingerprint density at radius 3 is 2.69 bits per heavy atom. The van der Waals surface area contributed by atoms with E-state index in [4.69, 9.17) is 11.6 Å². The number of anilines is 2. The lowest BCUT2D eigenvalue weighted by Gasteiger charge is -2.32. The van der Waals surface area contributed by atoms with Crippen molar-refractivity contribution in [3.63, 3.8) is 0 Å². The number of hydrogen-bond acceptors (Lipinski definition) is 3. The average molecular weight is 407 g/mol. The smallest absolute Gasteiger partial charge is 0.242 e. The fourth-order valence-corrected chi connectivity index (χ4v) is 4.74. The molecule has 2 aromatic carbocycles. The van der Waals surface area contributed by atoms with Crippen LogP contribution in [-0.4, -0.2) is 28.1 Å². The molecule has 0 unspecified atom stereocenters. The summed E-state index contributed by atoms with van der Waals surface area (Å²) in [6.45, 7) is 4.47. The summed E-state index contributed by atoms with van der Waals surface area (Å²) in [5.41, 5.74) is 3.03. The maximum absolute atomic E-state index is 13.7. The van der Waals surface area contributed by atoms with Crippen LogP contribution in [0.1, 0.15) is 30.0 Å². The highest BCUT2D eigenvalue weighted by Gasteiger charge is 2.56. The fourth-order valence-electron chi connectivity index (χ4n) is 4.53. The predicted octanol–water partition coefficient (Wildman–Crippen LogP) is 3.83. The minimum absolute atomic E-state index is 0.0556. The molecule has 1 aromatic heterocycles. The molecule has 29 heavy (non-hydrogen) atoms. The predicted molar refractivity (Wildman–Crippen MR) is 112 cm³/mol. The van der Waals surface area contributed by atoms with Crippen molar-refractivity contribution >= 4 is 34.9 Å². The average Bonchev–Trinajstić information content (AvgIpc) is 3.21. The van der Waals surface area contributed by atoms with Gasteiger partial charge in [0.15, 0.2) is 0 Å². The molecule has 7 heteroatoms. The number of nitrogens with one attached hydrogen (secondary N) is 1. The number of para-hydroxylation sites is 1. The largest absolute Gasteiger partial charge is 0.311 e. The topological polar surface area (TPSA) is 67.2 Å². The van der Waals surface area contributed by atoms with Gasteiger partial charge >= 0.3 is 0 Å². The molecule has 1 atom stereocenters. The van der Waals surface area contributed by atoms with E-state index in [1.165, 1.54) is 0 Å². The maximum atomic E-state index is 13.7. The van der Waals surface area contributed by atoms with Gasteiger partial charge in [0, 0.05) is 24.2 Å². The molecule has 0 radical (unpaired) electrons. The van der Waals surface area contributed by atoms with Gasteiger partial charge in [-0.15, -0.1) is 0 Å². The van der Waals surface area contributed by atoms with Gasteiger partial charge in [0.25, 0.3) is 0 Å². The van der Waals surface area contributed by atoms with Crippen molar-refractivity contribution in [1.82, 2.24) is 9.78 Å². The second-order valence-electron chi connectivity index (χ2n) is 7.47. The van der Waals surface area contributed by atoms with E-state index in [9.17, 15) is 9.59 Å². The second-order valence-corrected chi connectivity index (χ2v) is 7.88. The fraction of sp³-hybridized carbons (Fsp3) is 0.227. The van der Waals surface area contributed by atoms with Crippen molar-refractivity contribution in [1.29, 1.82) is 0 Å². The van der Waals surface area contributed by atoms with E-state index in [2.05, 4.69) is 10.4 Å². The van der Waals surface area contributed by atoms with Gasteiger partial charge in [-0.2, -0.15) is 5.10 Å². The lowest BCUT2D eigenvalue weighted by molar-refractivity contribution is -0.126. The second kappa shape index (κ2) is 6.19. The first-order valence-electron chi connectivity index (χ1n) is 9.53. The Kier molecular flexibility index (Phi) is 3.83. The van der Waals surface area contributed by atoms with Gasteiger partial charge in [-0.25, -0.2) is 4.68 Å². The Balaban J connectivity index is 1.80. The van der Waals surface area contributed by atoms with Crippen molar-refractivity contribution in [3.05, 3.63) is 70.4 Å². The number of benzene rings is 2. The molecule has 0 aliphatic carbocycles. The molecule has 5 rings (SSSR count). The maximum Gasteiger partial charge on any atom is 0.242 e. The van der Waals surface area contributed by atoms with Gasteiger partial charge in [0.05, 0.1) is 16.9 Å². The van der Waals surface area contributed by atoms with Crippen LogP contribution in [0.15, 0.2) is 48.7 Å². The minimum atomic E-state index is -1.07. The van der Waals surface area contributed by atoms with E-state index >= 15 is 0 Å². The molecule has 1 spiro atoms. The highest BCUT2D eigenvalue weighted by Crippen LogP contribution is 2.52. The van der Waals surface area contributed by atoms with Crippen LogP contribution in [0.5, 0.6) is 0 Å². The van der Waals surface area contributed by atoms with Crippen LogP contribution in [0, 0.1) is 6.92 Å².